The van der Waals surface area contributed by atoms with Gasteiger partial charge in [0, 0.05) is 6.54 Å². The third-order valence-electron chi connectivity index (χ3n) is 4.22. The van der Waals surface area contributed by atoms with Crippen LogP contribution < -0.4 is 5.32 Å². The van der Waals surface area contributed by atoms with Crippen LogP contribution in [-0.4, -0.2) is 30.8 Å². The van der Waals surface area contributed by atoms with Crippen LogP contribution in [0.15, 0.2) is 24.3 Å². The standard InChI is InChI=1S/C19H26FNO4/c1-18(2,3)25-17(23)21-12-5-13-24-16(22)19(10-4-11-19)14-6-8-15(20)9-7-14/h6-9H,4-5,10-13H2,1-3H3,(H,21,23). The molecule has 1 N–H and O–H groups in total. The number of benzene rings is 1. The molecule has 25 heavy (non-hydrogen) atoms. The first kappa shape index (κ1) is 19.2. The fourth-order valence-corrected chi connectivity index (χ4v) is 2.79. The quantitative estimate of drug-likeness (QED) is 0.627. The van der Waals surface area contributed by atoms with Crippen LogP contribution in [0.4, 0.5) is 9.18 Å². The molecule has 1 aliphatic carbocycles. The van der Waals surface area contributed by atoms with E-state index in [2.05, 4.69) is 5.32 Å². The molecule has 0 radical (unpaired) electrons. The molecule has 1 aliphatic rings. The van der Waals surface area contributed by atoms with Crippen molar-refractivity contribution in [3.8, 4) is 0 Å². The topological polar surface area (TPSA) is 64.6 Å². The van der Waals surface area contributed by atoms with Crippen molar-refractivity contribution in [2.45, 2.75) is 57.5 Å². The zero-order chi connectivity index (χ0) is 18.5. The van der Waals surface area contributed by atoms with Gasteiger partial charge in [-0.15, -0.1) is 0 Å². The Morgan fingerprint density at radius 3 is 2.36 bits per heavy atom. The smallest absolute Gasteiger partial charge is 0.407 e. The van der Waals surface area contributed by atoms with E-state index in [1.807, 2.05) is 0 Å². The van der Waals surface area contributed by atoms with Gasteiger partial charge in [-0.3, -0.25) is 4.79 Å². The zero-order valence-corrected chi connectivity index (χ0v) is 15.1. The van der Waals surface area contributed by atoms with Crippen molar-refractivity contribution < 1.29 is 23.5 Å². The van der Waals surface area contributed by atoms with Gasteiger partial charge in [-0.25, -0.2) is 9.18 Å². The Hall–Kier alpha value is -2.11. The molecule has 1 aromatic rings. The largest absolute Gasteiger partial charge is 0.465 e. The summed E-state index contributed by atoms with van der Waals surface area (Å²) in [7, 11) is 0. The van der Waals surface area contributed by atoms with E-state index in [4.69, 9.17) is 9.47 Å². The molecule has 5 nitrogen and oxygen atoms in total. The second-order valence-electron chi connectivity index (χ2n) is 7.36. The van der Waals surface area contributed by atoms with Gasteiger partial charge in [0.05, 0.1) is 12.0 Å². The van der Waals surface area contributed by atoms with E-state index in [1.54, 1.807) is 32.9 Å². The number of alkyl carbamates (subject to hydrolysis) is 1. The fourth-order valence-electron chi connectivity index (χ4n) is 2.79. The van der Waals surface area contributed by atoms with Crippen LogP contribution in [0.3, 0.4) is 0 Å². The molecule has 0 bridgehead atoms. The number of carbonyl (C=O) groups excluding carboxylic acids is 2. The highest BCUT2D eigenvalue weighted by Crippen LogP contribution is 2.44. The van der Waals surface area contributed by atoms with E-state index >= 15 is 0 Å². The molecule has 6 heteroatoms. The summed E-state index contributed by atoms with van der Waals surface area (Å²) in [5.41, 5.74) is -0.383. The van der Waals surface area contributed by atoms with Crippen molar-refractivity contribution in [3.63, 3.8) is 0 Å². The summed E-state index contributed by atoms with van der Waals surface area (Å²) < 4.78 is 23.6. The summed E-state index contributed by atoms with van der Waals surface area (Å²) >= 11 is 0. The summed E-state index contributed by atoms with van der Waals surface area (Å²) in [6.07, 6.45) is 2.40. The molecular formula is C19H26FNO4. The SMILES string of the molecule is CC(C)(C)OC(=O)NCCCOC(=O)C1(c2ccc(F)cc2)CCC1. The molecule has 0 spiro atoms. The first-order valence-electron chi connectivity index (χ1n) is 8.63. The number of esters is 1. The van der Waals surface area contributed by atoms with Gasteiger partial charge in [0.15, 0.2) is 0 Å². The van der Waals surface area contributed by atoms with Gasteiger partial charge in [-0.1, -0.05) is 18.6 Å². The number of carbonyl (C=O) groups is 2. The minimum atomic E-state index is -0.647. The highest BCUT2D eigenvalue weighted by molar-refractivity contribution is 5.84. The summed E-state index contributed by atoms with van der Waals surface area (Å²) in [6.45, 7) is 5.97. The highest BCUT2D eigenvalue weighted by atomic mass is 19.1. The van der Waals surface area contributed by atoms with Crippen molar-refractivity contribution in [1.82, 2.24) is 5.32 Å². The number of halogens is 1. The lowest BCUT2D eigenvalue weighted by Gasteiger charge is -2.39. The Labute approximate surface area is 147 Å². The molecule has 2 rings (SSSR count). The van der Waals surface area contributed by atoms with Crippen molar-refractivity contribution in [3.05, 3.63) is 35.6 Å². The van der Waals surface area contributed by atoms with Crippen LogP contribution in [0.25, 0.3) is 0 Å². The minimum Gasteiger partial charge on any atom is -0.465 e. The van der Waals surface area contributed by atoms with E-state index in [0.717, 1.165) is 12.0 Å². The lowest BCUT2D eigenvalue weighted by Crippen LogP contribution is -2.44. The van der Waals surface area contributed by atoms with Crippen molar-refractivity contribution >= 4 is 12.1 Å². The molecule has 1 amide bonds. The summed E-state index contributed by atoms with van der Waals surface area (Å²) in [4.78, 5) is 24.0. The van der Waals surface area contributed by atoms with E-state index in [0.29, 0.717) is 25.8 Å². The van der Waals surface area contributed by atoms with Gasteiger partial charge in [-0.05, 0) is 57.7 Å². The number of hydrogen-bond acceptors (Lipinski definition) is 4. The molecular weight excluding hydrogens is 325 g/mol. The van der Waals surface area contributed by atoms with Gasteiger partial charge in [0.2, 0.25) is 0 Å². The molecule has 0 unspecified atom stereocenters. The Balaban J connectivity index is 1.76. The number of amides is 1. The number of ether oxygens (including phenoxy) is 2. The van der Waals surface area contributed by atoms with Crippen molar-refractivity contribution in [1.29, 1.82) is 0 Å². The third kappa shape index (κ3) is 5.18. The molecule has 1 fully saturated rings. The Morgan fingerprint density at radius 1 is 1.20 bits per heavy atom. The molecule has 0 aromatic heterocycles. The van der Waals surface area contributed by atoms with Crippen LogP contribution in [-0.2, 0) is 19.7 Å². The van der Waals surface area contributed by atoms with Gasteiger partial charge < -0.3 is 14.8 Å². The Morgan fingerprint density at radius 2 is 1.84 bits per heavy atom. The molecule has 1 saturated carbocycles. The maximum absolute atomic E-state index is 13.1. The van der Waals surface area contributed by atoms with Crippen LogP contribution in [0, 0.1) is 5.82 Å². The van der Waals surface area contributed by atoms with E-state index < -0.39 is 17.1 Å². The normalized spacial score (nSPS) is 15.8. The van der Waals surface area contributed by atoms with Crippen LogP contribution in [0.5, 0.6) is 0 Å². The van der Waals surface area contributed by atoms with E-state index in [9.17, 15) is 14.0 Å². The Kier molecular flexibility index (Phi) is 6.03. The Bertz CT molecular complexity index is 603. The first-order valence-corrected chi connectivity index (χ1v) is 8.63. The predicted octanol–water partition coefficient (Wildman–Crippen LogP) is 3.71. The third-order valence-corrected chi connectivity index (χ3v) is 4.22. The maximum atomic E-state index is 13.1. The molecule has 0 heterocycles. The lowest BCUT2D eigenvalue weighted by atomic mass is 9.64. The number of hydrogen-bond donors (Lipinski definition) is 1. The highest BCUT2D eigenvalue weighted by Gasteiger charge is 2.47. The van der Waals surface area contributed by atoms with Crippen molar-refractivity contribution in [2.75, 3.05) is 13.2 Å². The predicted molar refractivity (Wildman–Crippen MR) is 91.7 cm³/mol. The lowest BCUT2D eigenvalue weighted by molar-refractivity contribution is -0.154. The molecule has 138 valence electrons. The zero-order valence-electron chi connectivity index (χ0n) is 15.1. The van der Waals surface area contributed by atoms with Crippen LogP contribution in [0.1, 0.15) is 52.0 Å². The monoisotopic (exact) mass is 351 g/mol. The molecule has 0 atom stereocenters. The maximum Gasteiger partial charge on any atom is 0.407 e. The summed E-state index contributed by atoms with van der Waals surface area (Å²) in [5.74, 6) is -0.595. The fraction of sp³-hybridized carbons (Fsp3) is 0.579. The van der Waals surface area contributed by atoms with E-state index in [-0.39, 0.29) is 18.4 Å². The second-order valence-corrected chi connectivity index (χ2v) is 7.36. The number of rotatable bonds is 6. The van der Waals surface area contributed by atoms with Crippen molar-refractivity contribution in [2.24, 2.45) is 0 Å². The van der Waals surface area contributed by atoms with Gasteiger partial charge in [-0.2, -0.15) is 0 Å². The molecule has 0 aliphatic heterocycles. The van der Waals surface area contributed by atoms with Crippen LogP contribution >= 0.6 is 0 Å². The molecule has 1 aromatic carbocycles. The molecule has 0 saturated heterocycles. The average Bonchev–Trinajstić information content (AvgIpc) is 2.46. The average molecular weight is 351 g/mol. The minimum absolute atomic E-state index is 0.220. The van der Waals surface area contributed by atoms with E-state index in [1.165, 1.54) is 12.1 Å². The van der Waals surface area contributed by atoms with Gasteiger partial charge in [0.25, 0.3) is 0 Å². The summed E-state index contributed by atoms with van der Waals surface area (Å²) in [5, 5.41) is 2.62. The van der Waals surface area contributed by atoms with Gasteiger partial charge >= 0.3 is 12.1 Å². The second kappa shape index (κ2) is 7.85. The number of nitrogens with one attached hydrogen (secondary N) is 1. The first-order chi connectivity index (χ1) is 11.7. The van der Waals surface area contributed by atoms with Crippen LogP contribution in [0.2, 0.25) is 0 Å². The van der Waals surface area contributed by atoms with Gasteiger partial charge in [0.1, 0.15) is 11.4 Å². The summed E-state index contributed by atoms with van der Waals surface area (Å²) in [6, 6.07) is 6.04.